The summed E-state index contributed by atoms with van der Waals surface area (Å²) in [5.74, 6) is -0.523. The Morgan fingerprint density at radius 2 is 2.37 bits per heavy atom. The molecule has 1 saturated heterocycles. The Bertz CT molecular complexity index is 604. The molecular formula is C13H13FN4O. The maximum Gasteiger partial charge on any atom is 0.152 e. The zero-order valence-electron chi connectivity index (χ0n) is 10.2. The molecule has 0 radical (unpaired) electrons. The van der Waals surface area contributed by atoms with E-state index in [1.165, 1.54) is 12.1 Å². The van der Waals surface area contributed by atoms with Gasteiger partial charge in [0.1, 0.15) is 5.82 Å². The first kappa shape index (κ1) is 12.0. The molecule has 2 aromatic rings. The number of aromatic nitrogens is 3. The van der Waals surface area contributed by atoms with Crippen molar-refractivity contribution in [1.29, 1.82) is 0 Å². The summed E-state index contributed by atoms with van der Waals surface area (Å²) in [4.78, 5) is 10.6. The number of benzene rings is 1. The van der Waals surface area contributed by atoms with Crippen molar-refractivity contribution in [2.45, 2.75) is 12.5 Å². The second-order valence-corrected chi connectivity index (χ2v) is 4.56. The molecule has 1 atom stereocenters. The van der Waals surface area contributed by atoms with E-state index in [0.29, 0.717) is 11.8 Å². The summed E-state index contributed by atoms with van der Waals surface area (Å²) in [6, 6.07) is 4.78. The van der Waals surface area contributed by atoms with Crippen molar-refractivity contribution >= 4 is 6.29 Å². The van der Waals surface area contributed by atoms with Crippen LogP contribution in [-0.4, -0.2) is 34.4 Å². The van der Waals surface area contributed by atoms with Crippen LogP contribution in [0, 0.1) is 5.82 Å². The minimum absolute atomic E-state index is 0.0605. The van der Waals surface area contributed by atoms with Gasteiger partial charge in [-0.1, -0.05) is 11.3 Å². The lowest BCUT2D eigenvalue weighted by molar-refractivity contribution is 0.112. The Morgan fingerprint density at radius 1 is 1.47 bits per heavy atom. The van der Waals surface area contributed by atoms with E-state index in [1.54, 1.807) is 12.3 Å². The Balaban J connectivity index is 2.00. The van der Waals surface area contributed by atoms with E-state index < -0.39 is 5.82 Å². The summed E-state index contributed by atoms with van der Waals surface area (Å²) in [6.45, 7) is 1.79. The second kappa shape index (κ2) is 4.89. The van der Waals surface area contributed by atoms with E-state index in [2.05, 4.69) is 15.6 Å². The molecule has 3 rings (SSSR count). The molecule has 0 aliphatic carbocycles. The summed E-state index contributed by atoms with van der Waals surface area (Å²) in [5, 5.41) is 11.2. The Hall–Kier alpha value is -2.08. The fourth-order valence-electron chi connectivity index (χ4n) is 2.35. The zero-order valence-corrected chi connectivity index (χ0v) is 10.2. The van der Waals surface area contributed by atoms with Crippen molar-refractivity contribution in [2.75, 3.05) is 13.1 Å². The Labute approximate surface area is 109 Å². The van der Waals surface area contributed by atoms with Gasteiger partial charge in [0.15, 0.2) is 6.29 Å². The first-order chi connectivity index (χ1) is 9.29. The lowest BCUT2D eigenvalue weighted by Gasteiger charge is -2.12. The standard InChI is InChI=1S/C13H13FN4O/c14-12-5-9(1-2-10(12)8-19)13-7-16-17-18(13)11-3-4-15-6-11/h1-2,5,7-8,11,15H,3-4,6H2. The van der Waals surface area contributed by atoms with Crippen molar-refractivity contribution < 1.29 is 9.18 Å². The topological polar surface area (TPSA) is 59.8 Å². The van der Waals surface area contributed by atoms with Gasteiger partial charge in [0.05, 0.1) is 23.5 Å². The third-order valence-electron chi connectivity index (χ3n) is 3.38. The minimum atomic E-state index is -0.523. The zero-order chi connectivity index (χ0) is 13.2. The summed E-state index contributed by atoms with van der Waals surface area (Å²) < 4.78 is 15.5. The highest BCUT2D eigenvalue weighted by Gasteiger charge is 2.21. The number of hydrogen-bond donors (Lipinski definition) is 1. The molecule has 1 N–H and O–H groups in total. The quantitative estimate of drug-likeness (QED) is 0.848. The number of carbonyl (C=O) groups is 1. The number of rotatable bonds is 3. The van der Waals surface area contributed by atoms with Crippen LogP contribution in [0.3, 0.4) is 0 Å². The van der Waals surface area contributed by atoms with Crippen LogP contribution in [0.1, 0.15) is 22.8 Å². The van der Waals surface area contributed by atoms with Crippen LogP contribution in [0.25, 0.3) is 11.3 Å². The van der Waals surface area contributed by atoms with Crippen molar-refractivity contribution in [3.63, 3.8) is 0 Å². The van der Waals surface area contributed by atoms with E-state index >= 15 is 0 Å². The maximum atomic E-state index is 13.7. The second-order valence-electron chi connectivity index (χ2n) is 4.56. The van der Waals surface area contributed by atoms with Gasteiger partial charge in [0, 0.05) is 12.1 Å². The smallest absolute Gasteiger partial charge is 0.152 e. The third-order valence-corrected chi connectivity index (χ3v) is 3.38. The normalized spacial score (nSPS) is 18.7. The molecule has 1 aromatic heterocycles. The molecule has 1 unspecified atom stereocenters. The van der Waals surface area contributed by atoms with Gasteiger partial charge in [-0.2, -0.15) is 0 Å². The van der Waals surface area contributed by atoms with Crippen molar-refractivity contribution in [2.24, 2.45) is 0 Å². The summed E-state index contributed by atoms with van der Waals surface area (Å²) in [7, 11) is 0. The molecule has 0 saturated carbocycles. The Morgan fingerprint density at radius 3 is 3.05 bits per heavy atom. The molecule has 1 aromatic carbocycles. The molecule has 1 fully saturated rings. The molecule has 98 valence electrons. The fourth-order valence-corrected chi connectivity index (χ4v) is 2.35. The average molecular weight is 260 g/mol. The lowest BCUT2D eigenvalue weighted by Crippen LogP contribution is -2.15. The molecule has 5 nitrogen and oxygen atoms in total. The lowest BCUT2D eigenvalue weighted by atomic mass is 10.1. The fraction of sp³-hybridized carbons (Fsp3) is 0.308. The van der Waals surface area contributed by atoms with E-state index in [0.717, 1.165) is 25.2 Å². The van der Waals surface area contributed by atoms with Gasteiger partial charge in [-0.15, -0.1) is 5.10 Å². The van der Waals surface area contributed by atoms with Crippen molar-refractivity contribution in [1.82, 2.24) is 20.3 Å². The first-order valence-corrected chi connectivity index (χ1v) is 6.15. The third kappa shape index (κ3) is 2.15. The van der Waals surface area contributed by atoms with Crippen LogP contribution in [0.15, 0.2) is 24.4 Å². The minimum Gasteiger partial charge on any atom is -0.315 e. The van der Waals surface area contributed by atoms with Crippen LogP contribution in [0.2, 0.25) is 0 Å². The summed E-state index contributed by atoms with van der Waals surface area (Å²) in [5.41, 5.74) is 1.51. The van der Waals surface area contributed by atoms with Gasteiger partial charge in [0.25, 0.3) is 0 Å². The van der Waals surface area contributed by atoms with Crippen LogP contribution in [0.4, 0.5) is 4.39 Å². The van der Waals surface area contributed by atoms with Gasteiger partial charge in [-0.05, 0) is 25.1 Å². The van der Waals surface area contributed by atoms with Crippen molar-refractivity contribution in [3.05, 3.63) is 35.8 Å². The molecule has 19 heavy (non-hydrogen) atoms. The molecule has 0 amide bonds. The molecular weight excluding hydrogens is 247 g/mol. The highest BCUT2D eigenvalue weighted by atomic mass is 19.1. The summed E-state index contributed by atoms with van der Waals surface area (Å²) in [6.07, 6.45) is 3.11. The van der Waals surface area contributed by atoms with E-state index in [9.17, 15) is 9.18 Å². The molecule has 0 bridgehead atoms. The predicted octanol–water partition coefficient (Wildman–Crippen LogP) is 1.43. The maximum absolute atomic E-state index is 13.7. The number of aldehydes is 1. The molecule has 6 heteroatoms. The van der Waals surface area contributed by atoms with E-state index in [4.69, 9.17) is 0 Å². The highest BCUT2D eigenvalue weighted by molar-refractivity contribution is 5.77. The monoisotopic (exact) mass is 260 g/mol. The molecule has 0 spiro atoms. The van der Waals surface area contributed by atoms with E-state index in [1.807, 2.05) is 4.68 Å². The highest BCUT2D eigenvalue weighted by Crippen LogP contribution is 2.25. The summed E-state index contributed by atoms with van der Waals surface area (Å²) >= 11 is 0. The number of nitrogens with one attached hydrogen (secondary N) is 1. The van der Waals surface area contributed by atoms with Crippen LogP contribution in [-0.2, 0) is 0 Å². The van der Waals surface area contributed by atoms with Crippen molar-refractivity contribution in [3.8, 4) is 11.3 Å². The van der Waals surface area contributed by atoms with Gasteiger partial charge >= 0.3 is 0 Å². The van der Waals surface area contributed by atoms with Gasteiger partial charge < -0.3 is 5.32 Å². The van der Waals surface area contributed by atoms with Gasteiger partial charge in [0.2, 0.25) is 0 Å². The predicted molar refractivity (Wildman–Crippen MR) is 67.3 cm³/mol. The molecule has 2 heterocycles. The molecule has 1 aliphatic heterocycles. The average Bonchev–Trinajstić information content (AvgIpc) is 3.09. The molecule has 1 aliphatic rings. The number of nitrogens with zero attached hydrogens (tertiary/aromatic N) is 3. The van der Waals surface area contributed by atoms with Gasteiger partial charge in [-0.3, -0.25) is 4.79 Å². The van der Waals surface area contributed by atoms with Crippen LogP contribution < -0.4 is 5.32 Å². The number of hydrogen-bond acceptors (Lipinski definition) is 4. The number of halogens is 1. The SMILES string of the molecule is O=Cc1ccc(-c2cnnn2C2CCNC2)cc1F. The Kier molecular flexibility index (Phi) is 3.08. The van der Waals surface area contributed by atoms with Crippen LogP contribution >= 0.6 is 0 Å². The largest absolute Gasteiger partial charge is 0.315 e. The van der Waals surface area contributed by atoms with Crippen LogP contribution in [0.5, 0.6) is 0 Å². The van der Waals surface area contributed by atoms with Gasteiger partial charge in [-0.25, -0.2) is 9.07 Å². The van der Waals surface area contributed by atoms with E-state index in [-0.39, 0.29) is 11.6 Å². The number of carbonyl (C=O) groups excluding carboxylic acids is 1. The first-order valence-electron chi connectivity index (χ1n) is 6.15.